The van der Waals surface area contributed by atoms with Crippen LogP contribution >= 0.6 is 39.3 Å². The first-order chi connectivity index (χ1) is 70.5. The van der Waals surface area contributed by atoms with E-state index in [0.717, 1.165) is 49.5 Å². The molecule has 0 spiro atoms. The van der Waals surface area contributed by atoms with Gasteiger partial charge in [-0.15, -0.1) is 22.5 Å². The molecule has 13 rings (SSSR count). The fourth-order valence-electron chi connectivity index (χ4n) is 13.3. The van der Waals surface area contributed by atoms with Gasteiger partial charge in [-0.25, -0.2) is 41.9 Å². The lowest BCUT2D eigenvalue weighted by molar-refractivity contribution is -0.386. The third-order valence-corrected chi connectivity index (χ3v) is 23.2. The highest BCUT2D eigenvalue weighted by Gasteiger charge is 2.43. The van der Waals surface area contributed by atoms with Crippen LogP contribution in [0.5, 0.6) is 23.0 Å². The number of nitrogens with one attached hydrogen (secondary N) is 5. The second-order valence-corrected chi connectivity index (χ2v) is 35.3. The molecule has 0 amide bonds. The van der Waals surface area contributed by atoms with Crippen molar-refractivity contribution < 1.29 is 120 Å². The number of halogens is 1. The molecule has 0 bridgehead atoms. The van der Waals surface area contributed by atoms with Crippen molar-refractivity contribution in [2.24, 2.45) is 4.74 Å². The number of ether oxygens (including phenoxy) is 13. The molecule has 0 aliphatic carbocycles. The van der Waals surface area contributed by atoms with E-state index >= 15 is 0 Å². The molecule has 0 radical (unpaired) electrons. The Balaban J connectivity index is 0.000000291. The minimum absolute atomic E-state index is 0.0163. The number of aliphatic hydroxyl groups excluding tert-OH is 5. The lowest BCUT2D eigenvalue weighted by Gasteiger charge is -2.22. The van der Waals surface area contributed by atoms with Crippen LogP contribution in [0.25, 0.3) is 9.69 Å². The van der Waals surface area contributed by atoms with Crippen molar-refractivity contribution in [3.63, 3.8) is 0 Å². The van der Waals surface area contributed by atoms with Crippen LogP contribution in [0.15, 0.2) is 98.5 Å². The highest BCUT2D eigenvalue weighted by Crippen LogP contribution is 2.45. The molecule has 796 valence electrons. The van der Waals surface area contributed by atoms with Crippen LogP contribution in [0.1, 0.15) is 216 Å². The van der Waals surface area contributed by atoms with E-state index in [1.165, 1.54) is 103 Å². The second kappa shape index (κ2) is 65.1. The topological polar surface area (TPSA) is 672 Å². The molecule has 6 aliphatic heterocycles. The van der Waals surface area contributed by atoms with Crippen molar-refractivity contribution in [2.45, 2.75) is 237 Å². The average molecular weight is 2210 g/mol. The number of nitro benzene ring substituents is 2. The number of hydrogen-bond acceptors (Lipinski definition) is 39. The van der Waals surface area contributed by atoms with Crippen LogP contribution in [0.4, 0.5) is 21.0 Å². The van der Waals surface area contributed by atoms with E-state index in [1.54, 1.807) is 43.4 Å². The van der Waals surface area contributed by atoms with Gasteiger partial charge >= 0.3 is 35.1 Å². The van der Waals surface area contributed by atoms with E-state index in [0.29, 0.717) is 44.4 Å². The number of hydrogen-bond donors (Lipinski definition) is 10. The van der Waals surface area contributed by atoms with Crippen molar-refractivity contribution in [2.75, 3.05) is 87.1 Å². The normalized spacial score (nSPS) is 19.6. The number of tetrazole rings is 1. The predicted octanol–water partition coefficient (Wildman–Crippen LogP) is 7.81. The smallest absolute Gasteiger partial charge is 0.454 e. The van der Waals surface area contributed by atoms with Gasteiger partial charge in [-0.3, -0.25) is 87.2 Å². The molecule has 0 saturated carbocycles. The van der Waals surface area contributed by atoms with Crippen LogP contribution in [-0.4, -0.2) is 248 Å². The van der Waals surface area contributed by atoms with E-state index < -0.39 is 168 Å². The van der Waals surface area contributed by atoms with Crippen molar-refractivity contribution in [3.05, 3.63) is 213 Å². The quantitative estimate of drug-likeness (QED) is 0.00281. The zero-order valence-electron chi connectivity index (χ0n) is 81.9. The lowest BCUT2D eigenvalue weighted by atomic mass is 10.1. The highest BCUT2D eigenvalue weighted by atomic mass is 127. The average Bonchev–Trinajstić information content (AvgIpc) is 1.79. The maximum Gasteiger partial charge on any atom is 0.508 e. The molecule has 10 N–H and O–H groups in total. The van der Waals surface area contributed by atoms with Gasteiger partial charge < -0.3 is 106 Å². The van der Waals surface area contributed by atoms with Crippen LogP contribution in [0, 0.1) is 84.8 Å². The Morgan fingerprint density at radius 1 is 0.592 bits per heavy atom. The van der Waals surface area contributed by atoms with Gasteiger partial charge in [0.05, 0.1) is 82.7 Å². The number of terminal acetylenes is 1. The summed E-state index contributed by atoms with van der Waals surface area (Å²) in [7, 11) is 2.29. The van der Waals surface area contributed by atoms with Gasteiger partial charge in [-0.1, -0.05) is 94.1 Å². The van der Waals surface area contributed by atoms with Crippen molar-refractivity contribution in [3.8, 4) is 70.9 Å². The van der Waals surface area contributed by atoms with E-state index in [9.17, 15) is 88.3 Å². The van der Waals surface area contributed by atoms with E-state index in [4.69, 9.17) is 95.7 Å². The standard InChI is InChI=1S/C29H33N4O12P.C25H27N3O11.C15H20N2O5.C9H11IN2O5.C6H10.C4H7NO.C3H6NOP.CH2N4/c1-5-6-7-8-9-19-15-32(28(35)31-27(19)34)26-14-24(45-46(4)42-11-10-30-3)25(44-26)16-39-29(36)43-18(2)20-12-22-23(41-17-40-22)13-21(20)33(37)38;1-3-4-5-6-7-15-11-27(24(31)26-23(15)30)22-10-18(29)21(39-22)12-35-25(32)38-14(2)16-8-19-20(37-13-36-19)9-17(16)28(33)34;1-2-3-4-5-6-10-8-17(15(21)16-14(10)20)13-7-11(19)12(9-18)22-13;10-4-2-12(9(16)11-8(4)15)7-1-5(14)6(3-13)17-7;1-3-5-6-4-2;1-5-3-4-6-2;1-3(5)6-4-2;1-2-4-5-3-1/h12-13,15,18,24-26H,5-7,10-11,14,16-17H2,1-2,4H3,(H,31,34,35);8-9,11,14,18,21-22,29H,3-5,10,12-13H2,1-2H3,(H,26,30,31);8,11-13,18-19H,2-4,7,9H2,1H3,(H,16,20,21);2,5-7,13-14H,1,3H2,(H,11,15,16);1H,4-6H2,2H3;3-4H2,2H3;1-2H3;1H,(H,2,3,4,5). The largest absolute Gasteiger partial charge is 0.508 e. The molecule has 7 aromatic rings. The number of nitrogens with zero attached hydrogens (tertiary/aromatic N) is 12. The fourth-order valence-corrected chi connectivity index (χ4v) is 15.1. The SMILES string of the molecule is C#CCCCC.CCCCC#Cc1cn(C2CC(O)C(CO)O2)c(=O)[nH]c1=O.CCCCC#Cc1cn(C2CC(O)C(COC(=O)OC(C)c3cc4c(cc3[N+](=O)[O-])OCO4)O2)c(=O)[nH]c1=O.CN=PC(C)=O.O=c1[nH]c(=O)n(C2CC(O)C(CO)O2)cc1I.[C-]#[N+]CCOC.[C-]#[N+]CCOP(C)OC1CC(n2cc(C#CCCCC)c(=O)[nH]c2=O)OC1COC(=O)OC(C)c1cc2c(cc1[N+](=O)[O-])OCO2.c1nn[nH]n1. The molecular formula is C92H116IN17O35P2. The molecule has 4 saturated heterocycles. The molecule has 4 fully saturated rings. The summed E-state index contributed by atoms with van der Waals surface area (Å²) >= 11 is 1.80. The molecule has 5 aromatic heterocycles. The number of benzene rings is 2. The number of aromatic nitrogens is 12. The number of carbonyl (C=O) groups excluding carboxylic acids is 3. The summed E-state index contributed by atoms with van der Waals surface area (Å²) in [6, 6.07) is 5.11. The van der Waals surface area contributed by atoms with Crippen LogP contribution in [-0.2, 0) is 56.5 Å². The van der Waals surface area contributed by atoms with Crippen LogP contribution < -0.4 is 63.9 Å². The van der Waals surface area contributed by atoms with Gasteiger partial charge in [0, 0.05) is 104 Å². The summed E-state index contributed by atoms with van der Waals surface area (Å²) in [6.07, 6.45) is 8.31. The third-order valence-electron chi connectivity index (χ3n) is 20.8. The number of nitro groups is 2. The van der Waals surface area contributed by atoms with Gasteiger partial charge in [0.15, 0.2) is 43.2 Å². The molecule has 6 aliphatic rings. The van der Waals surface area contributed by atoms with Gasteiger partial charge in [0.2, 0.25) is 26.7 Å². The minimum Gasteiger partial charge on any atom is -0.454 e. The maximum absolute atomic E-state index is 12.8. The zero-order chi connectivity index (χ0) is 108. The second-order valence-electron chi connectivity index (χ2n) is 31.6. The number of carbonyl (C=O) groups is 3. The number of aliphatic hydroxyl groups is 5. The highest BCUT2D eigenvalue weighted by molar-refractivity contribution is 14.1. The summed E-state index contributed by atoms with van der Waals surface area (Å²) in [5.74, 6) is 20.5. The Labute approximate surface area is 856 Å². The molecule has 147 heavy (non-hydrogen) atoms. The predicted molar refractivity (Wildman–Crippen MR) is 531 cm³/mol. The Morgan fingerprint density at radius 3 is 1.30 bits per heavy atom. The summed E-state index contributed by atoms with van der Waals surface area (Å²) in [6.45, 7) is 27.2. The Hall–Kier alpha value is -13.6. The van der Waals surface area contributed by atoms with E-state index in [-0.39, 0.29) is 140 Å². The zero-order valence-corrected chi connectivity index (χ0v) is 85.8. The first-order valence-electron chi connectivity index (χ1n) is 45.8. The van der Waals surface area contributed by atoms with Crippen LogP contribution in [0.3, 0.4) is 0 Å². The molecule has 52 nitrogen and oxygen atoms in total. The number of H-pyrrole nitrogens is 5. The molecule has 55 heteroatoms. The Bertz CT molecular complexity index is 6340. The number of fused-ring (bicyclic) bond motifs is 2. The van der Waals surface area contributed by atoms with E-state index in [2.05, 4.69) is 115 Å². The lowest BCUT2D eigenvalue weighted by Crippen LogP contribution is -2.34. The number of rotatable bonds is 32. The Morgan fingerprint density at radius 2 is 0.966 bits per heavy atom. The molecule has 15 unspecified atom stereocenters. The number of methoxy groups -OCH3 is 1. The summed E-state index contributed by atoms with van der Waals surface area (Å²) in [4.78, 5) is 168. The molecule has 11 heterocycles. The van der Waals surface area contributed by atoms with E-state index in [1.807, 2.05) is 13.8 Å². The van der Waals surface area contributed by atoms with Gasteiger partial charge in [-0.2, -0.15) is 5.21 Å². The van der Waals surface area contributed by atoms with Gasteiger partial charge in [0.25, 0.3) is 33.6 Å². The number of unbranched alkanes of at least 4 members (excludes halogenated alkanes) is 8. The maximum atomic E-state index is 12.8. The van der Waals surface area contributed by atoms with Crippen molar-refractivity contribution >= 4 is 68.5 Å². The number of aromatic amines is 5. The minimum atomic E-state index is -1.48. The first-order valence-corrected chi connectivity index (χ1v) is 49.4. The van der Waals surface area contributed by atoms with Gasteiger partial charge in [0.1, 0.15) is 105 Å². The van der Waals surface area contributed by atoms with Crippen molar-refractivity contribution in [1.29, 1.82) is 0 Å². The third kappa shape index (κ3) is 40.0. The summed E-state index contributed by atoms with van der Waals surface area (Å²) in [5.41, 5.74) is -4.97. The van der Waals surface area contributed by atoms with Crippen molar-refractivity contribution in [1.82, 2.24) is 58.8 Å². The summed E-state index contributed by atoms with van der Waals surface area (Å²) < 4.78 is 89.1. The van der Waals surface area contributed by atoms with Gasteiger partial charge in [-0.05, 0) is 74.3 Å². The monoisotopic (exact) mass is 2210 g/mol. The molecular weight excluding hydrogens is 2090 g/mol. The fraction of sp³-hybridized carbons (Fsp3) is 0.543. The summed E-state index contributed by atoms with van der Waals surface area (Å²) in [5, 5.41) is 83.0. The molecule has 15 atom stereocenters. The molecule has 2 aromatic carbocycles. The van der Waals surface area contributed by atoms with Crippen LogP contribution in [0.2, 0.25) is 0 Å². The first kappa shape index (κ1) is 122. The Kier molecular flexibility index (Phi) is 54.1.